The largest absolute Gasteiger partial charge is 0.307 e. The lowest BCUT2D eigenvalue weighted by atomic mass is 9.75. The van der Waals surface area contributed by atoms with Crippen molar-refractivity contribution >= 4 is 0 Å². The molecule has 1 aromatic carbocycles. The monoisotopic (exact) mass is 257 g/mol. The lowest BCUT2D eigenvalue weighted by Crippen LogP contribution is -2.38. The first kappa shape index (κ1) is 13.2. The maximum absolute atomic E-state index is 3.96. The summed E-state index contributed by atoms with van der Waals surface area (Å²) in [6, 6.07) is 8.31. The van der Waals surface area contributed by atoms with Crippen LogP contribution in [-0.4, -0.2) is 6.04 Å². The van der Waals surface area contributed by atoms with Gasteiger partial charge >= 0.3 is 0 Å². The van der Waals surface area contributed by atoms with Crippen LogP contribution in [0.4, 0.5) is 0 Å². The van der Waals surface area contributed by atoms with E-state index in [0.29, 0.717) is 11.5 Å². The van der Waals surface area contributed by atoms with E-state index >= 15 is 0 Å². The minimum Gasteiger partial charge on any atom is -0.307 e. The van der Waals surface area contributed by atoms with Crippen LogP contribution in [0.5, 0.6) is 0 Å². The molecule has 0 bridgehead atoms. The zero-order valence-electron chi connectivity index (χ0n) is 12.6. The minimum absolute atomic E-state index is 0.532. The van der Waals surface area contributed by atoms with Gasteiger partial charge in [-0.1, -0.05) is 44.0 Å². The van der Waals surface area contributed by atoms with Crippen molar-refractivity contribution in [3.63, 3.8) is 0 Å². The molecular weight excluding hydrogens is 230 g/mol. The molecule has 1 aromatic rings. The summed E-state index contributed by atoms with van der Waals surface area (Å²) in [7, 11) is 0. The van der Waals surface area contributed by atoms with Gasteiger partial charge in [0.1, 0.15) is 0 Å². The first-order chi connectivity index (χ1) is 9.03. The summed E-state index contributed by atoms with van der Waals surface area (Å²) in [4.78, 5) is 0. The summed E-state index contributed by atoms with van der Waals surface area (Å²) in [6.45, 7) is 7.06. The van der Waals surface area contributed by atoms with Gasteiger partial charge < -0.3 is 5.32 Å². The number of nitrogens with one attached hydrogen (secondary N) is 1. The van der Waals surface area contributed by atoms with Gasteiger partial charge in [0, 0.05) is 12.1 Å². The molecular formula is C18H27N. The molecule has 0 saturated heterocycles. The number of aryl methyl sites for hydroxylation is 2. The highest BCUT2D eigenvalue weighted by molar-refractivity contribution is 5.37. The molecule has 1 N–H and O–H groups in total. The fourth-order valence-corrected chi connectivity index (χ4v) is 4.02. The molecule has 2 aliphatic rings. The third-order valence-electron chi connectivity index (χ3n) is 5.02. The van der Waals surface area contributed by atoms with Crippen molar-refractivity contribution in [1.29, 1.82) is 0 Å². The Balaban J connectivity index is 1.71. The Labute approximate surface area is 117 Å². The quantitative estimate of drug-likeness (QED) is 0.820. The first-order valence-electron chi connectivity index (χ1n) is 7.89. The van der Waals surface area contributed by atoms with E-state index in [1.807, 2.05) is 0 Å². The second kappa shape index (κ2) is 4.94. The van der Waals surface area contributed by atoms with Crippen molar-refractivity contribution in [1.82, 2.24) is 5.32 Å². The topological polar surface area (TPSA) is 12.0 Å². The second-order valence-electron chi connectivity index (χ2n) is 7.42. The molecule has 2 unspecified atom stereocenters. The summed E-state index contributed by atoms with van der Waals surface area (Å²) < 4.78 is 0. The van der Waals surface area contributed by atoms with Gasteiger partial charge in [0.05, 0.1) is 0 Å². The predicted molar refractivity (Wildman–Crippen MR) is 81.4 cm³/mol. The van der Waals surface area contributed by atoms with E-state index in [0.717, 1.165) is 6.04 Å². The SMILES string of the molecule is Cc1ccc2c(c1)C(NC1CCCC(C)(C)C1)CC2. The highest BCUT2D eigenvalue weighted by Crippen LogP contribution is 2.38. The van der Waals surface area contributed by atoms with Crippen molar-refractivity contribution in [2.24, 2.45) is 5.41 Å². The van der Waals surface area contributed by atoms with Crippen LogP contribution in [0.3, 0.4) is 0 Å². The molecule has 0 amide bonds. The fraction of sp³-hybridized carbons (Fsp3) is 0.667. The number of hydrogen-bond donors (Lipinski definition) is 1. The summed E-state index contributed by atoms with van der Waals surface area (Å²) in [5, 5.41) is 3.96. The molecule has 19 heavy (non-hydrogen) atoms. The van der Waals surface area contributed by atoms with Crippen LogP contribution in [0, 0.1) is 12.3 Å². The van der Waals surface area contributed by atoms with Gasteiger partial charge in [-0.3, -0.25) is 0 Å². The smallest absolute Gasteiger partial charge is 0.0328 e. The number of hydrogen-bond acceptors (Lipinski definition) is 1. The Morgan fingerprint density at radius 3 is 2.84 bits per heavy atom. The van der Waals surface area contributed by atoms with Gasteiger partial charge in [0.25, 0.3) is 0 Å². The molecule has 0 heterocycles. The Morgan fingerprint density at radius 1 is 1.21 bits per heavy atom. The van der Waals surface area contributed by atoms with Gasteiger partial charge in [-0.05, 0) is 55.6 Å². The summed E-state index contributed by atoms with van der Waals surface area (Å²) >= 11 is 0. The fourth-order valence-electron chi connectivity index (χ4n) is 4.02. The van der Waals surface area contributed by atoms with Crippen molar-refractivity contribution in [2.75, 3.05) is 0 Å². The van der Waals surface area contributed by atoms with Gasteiger partial charge in [-0.15, -0.1) is 0 Å². The highest BCUT2D eigenvalue weighted by Gasteiger charge is 2.31. The Morgan fingerprint density at radius 2 is 2.05 bits per heavy atom. The van der Waals surface area contributed by atoms with Crippen LogP contribution < -0.4 is 5.32 Å². The van der Waals surface area contributed by atoms with Crippen LogP contribution in [-0.2, 0) is 6.42 Å². The summed E-state index contributed by atoms with van der Waals surface area (Å²) in [5.41, 5.74) is 5.07. The van der Waals surface area contributed by atoms with Gasteiger partial charge in [0.15, 0.2) is 0 Å². The first-order valence-corrected chi connectivity index (χ1v) is 7.89. The summed E-state index contributed by atoms with van der Waals surface area (Å²) in [5.74, 6) is 0. The standard InChI is InChI=1S/C18H27N/c1-13-6-7-14-8-9-17(16(14)11-13)19-15-5-4-10-18(2,3)12-15/h6-7,11,15,17,19H,4-5,8-10,12H2,1-3H3. The molecule has 1 saturated carbocycles. The predicted octanol–water partition coefficient (Wildman–Crippen LogP) is 4.54. The van der Waals surface area contributed by atoms with Crippen molar-refractivity contribution < 1.29 is 0 Å². The normalized spacial score (nSPS) is 29.2. The summed E-state index contributed by atoms with van der Waals surface area (Å²) in [6.07, 6.45) is 8.02. The van der Waals surface area contributed by atoms with Gasteiger partial charge in [0.2, 0.25) is 0 Å². The molecule has 1 fully saturated rings. The van der Waals surface area contributed by atoms with Crippen molar-refractivity contribution in [3.8, 4) is 0 Å². The number of rotatable bonds is 2. The molecule has 0 spiro atoms. The van der Waals surface area contributed by atoms with Crippen molar-refractivity contribution in [3.05, 3.63) is 34.9 Å². The number of benzene rings is 1. The molecule has 0 aromatic heterocycles. The van der Waals surface area contributed by atoms with Gasteiger partial charge in [-0.25, -0.2) is 0 Å². The van der Waals surface area contributed by atoms with Gasteiger partial charge in [-0.2, -0.15) is 0 Å². The third kappa shape index (κ3) is 2.86. The molecule has 1 heteroatoms. The Hall–Kier alpha value is -0.820. The maximum Gasteiger partial charge on any atom is 0.0328 e. The molecule has 2 aliphatic carbocycles. The van der Waals surface area contributed by atoms with Crippen molar-refractivity contribution in [2.45, 2.75) is 71.4 Å². The Bertz CT molecular complexity index is 461. The molecule has 2 atom stereocenters. The van der Waals surface area contributed by atoms with Crippen LogP contribution in [0.25, 0.3) is 0 Å². The van der Waals surface area contributed by atoms with E-state index in [4.69, 9.17) is 0 Å². The average Bonchev–Trinajstić information content (AvgIpc) is 2.71. The average molecular weight is 257 g/mol. The van der Waals surface area contributed by atoms with Crippen LogP contribution in [0.15, 0.2) is 18.2 Å². The van der Waals surface area contributed by atoms with E-state index in [1.54, 1.807) is 11.1 Å². The highest BCUT2D eigenvalue weighted by atomic mass is 15.0. The maximum atomic E-state index is 3.96. The molecule has 3 rings (SSSR count). The van der Waals surface area contributed by atoms with Crippen LogP contribution >= 0.6 is 0 Å². The van der Waals surface area contributed by atoms with E-state index in [-0.39, 0.29) is 0 Å². The van der Waals surface area contributed by atoms with E-state index < -0.39 is 0 Å². The number of fused-ring (bicyclic) bond motifs is 1. The molecule has 104 valence electrons. The zero-order valence-corrected chi connectivity index (χ0v) is 12.6. The molecule has 0 radical (unpaired) electrons. The lowest BCUT2D eigenvalue weighted by Gasteiger charge is -2.37. The Kier molecular flexibility index (Phi) is 3.42. The molecule has 0 aliphatic heterocycles. The van der Waals surface area contributed by atoms with E-state index in [1.165, 1.54) is 44.1 Å². The van der Waals surface area contributed by atoms with E-state index in [2.05, 4.69) is 44.3 Å². The van der Waals surface area contributed by atoms with E-state index in [9.17, 15) is 0 Å². The molecule has 1 nitrogen and oxygen atoms in total. The van der Waals surface area contributed by atoms with Crippen LogP contribution in [0.1, 0.15) is 68.7 Å². The lowest BCUT2D eigenvalue weighted by molar-refractivity contribution is 0.189. The second-order valence-corrected chi connectivity index (χ2v) is 7.42. The minimum atomic E-state index is 0.532. The van der Waals surface area contributed by atoms with Crippen LogP contribution in [0.2, 0.25) is 0 Å². The zero-order chi connectivity index (χ0) is 13.5. The third-order valence-corrected chi connectivity index (χ3v) is 5.02.